The van der Waals surface area contributed by atoms with Gasteiger partial charge in [-0.3, -0.25) is 4.79 Å². The van der Waals surface area contributed by atoms with Crippen LogP contribution >= 0.6 is 0 Å². The number of phenols is 1. The molecular formula is C15H18O3. The second kappa shape index (κ2) is 4.01. The number of rotatable bonds is 1. The van der Waals surface area contributed by atoms with Gasteiger partial charge in [-0.2, -0.15) is 0 Å². The topological polar surface area (TPSA) is 46.5 Å². The van der Waals surface area contributed by atoms with Crippen LogP contribution in [0.2, 0.25) is 0 Å². The van der Waals surface area contributed by atoms with Crippen molar-refractivity contribution >= 4 is 5.78 Å². The predicted molar refractivity (Wildman–Crippen MR) is 68.1 cm³/mol. The first-order valence-electron chi connectivity index (χ1n) is 6.57. The molecule has 18 heavy (non-hydrogen) atoms. The third-order valence-corrected chi connectivity index (χ3v) is 4.56. The number of aromatic hydroxyl groups is 1. The Balaban J connectivity index is 2.07. The Labute approximate surface area is 107 Å². The summed E-state index contributed by atoms with van der Waals surface area (Å²) in [5.74, 6) is 1.44. The van der Waals surface area contributed by atoms with Crippen LogP contribution in [0.15, 0.2) is 12.1 Å². The van der Waals surface area contributed by atoms with Crippen molar-refractivity contribution in [3.8, 4) is 11.5 Å². The number of benzene rings is 1. The molecular weight excluding hydrogens is 228 g/mol. The maximum absolute atomic E-state index is 11.5. The minimum absolute atomic E-state index is 0.113. The minimum Gasteiger partial charge on any atom is -0.508 e. The van der Waals surface area contributed by atoms with Gasteiger partial charge in [0.2, 0.25) is 0 Å². The van der Waals surface area contributed by atoms with E-state index in [0.717, 1.165) is 31.4 Å². The van der Waals surface area contributed by atoms with Crippen molar-refractivity contribution in [2.24, 2.45) is 0 Å². The molecule has 1 fully saturated rings. The van der Waals surface area contributed by atoms with E-state index in [2.05, 4.69) is 0 Å². The molecule has 3 nitrogen and oxygen atoms in total. The average Bonchev–Trinajstić information content (AvgIpc) is 2.71. The van der Waals surface area contributed by atoms with Gasteiger partial charge < -0.3 is 9.84 Å². The van der Waals surface area contributed by atoms with Crippen LogP contribution in [0.4, 0.5) is 0 Å². The van der Waals surface area contributed by atoms with Crippen LogP contribution in [0.1, 0.15) is 43.2 Å². The molecule has 1 N–H and O–H groups in total. The number of methoxy groups -OCH3 is 1. The molecule has 2 aliphatic carbocycles. The van der Waals surface area contributed by atoms with Crippen molar-refractivity contribution in [1.82, 2.24) is 0 Å². The molecule has 1 aromatic carbocycles. The molecule has 1 saturated carbocycles. The number of hydrogen-bond acceptors (Lipinski definition) is 3. The monoisotopic (exact) mass is 246 g/mol. The van der Waals surface area contributed by atoms with Gasteiger partial charge in [-0.15, -0.1) is 0 Å². The minimum atomic E-state index is 0.113. The molecule has 0 unspecified atom stereocenters. The summed E-state index contributed by atoms with van der Waals surface area (Å²) in [5.41, 5.74) is 2.55. The van der Waals surface area contributed by atoms with Crippen molar-refractivity contribution in [2.45, 2.75) is 43.9 Å². The van der Waals surface area contributed by atoms with E-state index in [1.807, 2.05) is 6.07 Å². The first-order chi connectivity index (χ1) is 8.64. The van der Waals surface area contributed by atoms with E-state index >= 15 is 0 Å². The molecule has 1 aromatic rings. The van der Waals surface area contributed by atoms with E-state index in [0.29, 0.717) is 18.6 Å². The third-order valence-electron chi connectivity index (χ3n) is 4.56. The lowest BCUT2D eigenvalue weighted by molar-refractivity contribution is -0.121. The first-order valence-corrected chi connectivity index (χ1v) is 6.57. The maximum atomic E-state index is 11.5. The quantitative estimate of drug-likeness (QED) is 0.828. The molecule has 0 atom stereocenters. The van der Waals surface area contributed by atoms with Crippen LogP contribution in [0.25, 0.3) is 0 Å². The van der Waals surface area contributed by atoms with Crippen molar-refractivity contribution < 1.29 is 14.6 Å². The summed E-state index contributed by atoms with van der Waals surface area (Å²) < 4.78 is 5.45. The molecule has 0 saturated heterocycles. The van der Waals surface area contributed by atoms with Gasteiger partial charge in [0.25, 0.3) is 0 Å². The number of carbonyl (C=O) groups is 1. The fourth-order valence-corrected chi connectivity index (χ4v) is 3.62. The normalized spacial score (nSPS) is 21.1. The van der Waals surface area contributed by atoms with Crippen LogP contribution < -0.4 is 4.74 Å². The highest BCUT2D eigenvalue weighted by Crippen LogP contribution is 2.52. The molecule has 0 aromatic heterocycles. The highest BCUT2D eigenvalue weighted by atomic mass is 16.5. The van der Waals surface area contributed by atoms with E-state index in [-0.39, 0.29) is 11.2 Å². The summed E-state index contributed by atoms with van der Waals surface area (Å²) in [6.45, 7) is 0. The van der Waals surface area contributed by atoms with Gasteiger partial charge in [-0.05, 0) is 37.3 Å². The molecule has 3 rings (SSSR count). The first kappa shape index (κ1) is 11.6. The summed E-state index contributed by atoms with van der Waals surface area (Å²) in [7, 11) is 1.65. The number of Topliss-reactive ketones (excluding diaryl/α,β-unsaturated/α-hetero) is 1. The van der Waals surface area contributed by atoms with Crippen molar-refractivity contribution in [2.75, 3.05) is 7.11 Å². The lowest BCUT2D eigenvalue weighted by Gasteiger charge is -2.34. The Morgan fingerprint density at radius 3 is 2.50 bits per heavy atom. The Hall–Kier alpha value is -1.51. The molecule has 0 heterocycles. The number of fused-ring (bicyclic) bond motifs is 2. The van der Waals surface area contributed by atoms with Crippen LogP contribution in [0.5, 0.6) is 11.5 Å². The van der Waals surface area contributed by atoms with Gasteiger partial charge in [0, 0.05) is 29.9 Å². The zero-order chi connectivity index (χ0) is 12.8. The van der Waals surface area contributed by atoms with Crippen molar-refractivity contribution in [3.63, 3.8) is 0 Å². The van der Waals surface area contributed by atoms with E-state index in [4.69, 9.17) is 4.74 Å². The molecule has 0 amide bonds. The van der Waals surface area contributed by atoms with Crippen LogP contribution in [-0.4, -0.2) is 18.0 Å². The standard InChI is InChI=1S/C15H18O3/c1-18-13-9-12(17)8-10-2-5-15(14(10)13)6-3-11(16)4-7-15/h8-9,17H,2-7H2,1H3. The summed E-state index contributed by atoms with van der Waals surface area (Å²) in [6.07, 6.45) is 5.29. The Bertz CT molecular complexity index is 495. The maximum Gasteiger partial charge on any atom is 0.132 e. The van der Waals surface area contributed by atoms with Crippen molar-refractivity contribution in [3.05, 3.63) is 23.3 Å². The fraction of sp³-hybridized carbons (Fsp3) is 0.533. The van der Waals surface area contributed by atoms with Gasteiger partial charge in [-0.25, -0.2) is 0 Å². The summed E-state index contributed by atoms with van der Waals surface area (Å²) in [6, 6.07) is 3.55. The van der Waals surface area contributed by atoms with Crippen molar-refractivity contribution in [1.29, 1.82) is 0 Å². The van der Waals surface area contributed by atoms with E-state index in [9.17, 15) is 9.90 Å². The lowest BCUT2D eigenvalue weighted by atomic mass is 9.69. The molecule has 0 radical (unpaired) electrons. The number of phenolic OH excluding ortho intramolecular Hbond substituents is 1. The smallest absolute Gasteiger partial charge is 0.132 e. The molecule has 0 bridgehead atoms. The molecule has 1 spiro atoms. The van der Waals surface area contributed by atoms with Gasteiger partial charge in [-0.1, -0.05) is 0 Å². The fourth-order valence-electron chi connectivity index (χ4n) is 3.62. The molecule has 2 aliphatic rings. The molecule has 96 valence electrons. The van der Waals surface area contributed by atoms with Gasteiger partial charge in [0.15, 0.2) is 0 Å². The Morgan fingerprint density at radius 1 is 1.17 bits per heavy atom. The highest BCUT2D eigenvalue weighted by Gasteiger charge is 2.43. The molecule has 3 heteroatoms. The number of ether oxygens (including phenoxy) is 1. The zero-order valence-electron chi connectivity index (χ0n) is 10.7. The van der Waals surface area contributed by atoms with Gasteiger partial charge >= 0.3 is 0 Å². The third kappa shape index (κ3) is 1.61. The van der Waals surface area contributed by atoms with Crippen LogP contribution in [0, 0.1) is 0 Å². The largest absolute Gasteiger partial charge is 0.508 e. The van der Waals surface area contributed by atoms with E-state index < -0.39 is 0 Å². The predicted octanol–water partition coefficient (Wildman–Crippen LogP) is 2.73. The average molecular weight is 246 g/mol. The van der Waals surface area contributed by atoms with Gasteiger partial charge in [0.1, 0.15) is 17.3 Å². The highest BCUT2D eigenvalue weighted by molar-refractivity contribution is 5.80. The lowest BCUT2D eigenvalue weighted by Crippen LogP contribution is -2.30. The Morgan fingerprint density at radius 2 is 1.83 bits per heavy atom. The zero-order valence-corrected chi connectivity index (χ0v) is 10.7. The second-order valence-corrected chi connectivity index (χ2v) is 5.50. The molecule has 0 aliphatic heterocycles. The SMILES string of the molecule is COc1cc(O)cc2c1C1(CCC(=O)CC1)CC2. The summed E-state index contributed by atoms with van der Waals surface area (Å²) >= 11 is 0. The van der Waals surface area contributed by atoms with E-state index in [1.54, 1.807) is 13.2 Å². The van der Waals surface area contributed by atoms with Crippen LogP contribution in [0.3, 0.4) is 0 Å². The summed E-state index contributed by atoms with van der Waals surface area (Å²) in [5, 5.41) is 9.70. The Kier molecular flexibility index (Phi) is 2.58. The number of aryl methyl sites for hydroxylation is 1. The second-order valence-electron chi connectivity index (χ2n) is 5.50. The number of ketones is 1. The number of carbonyl (C=O) groups excluding carboxylic acids is 1. The summed E-state index contributed by atoms with van der Waals surface area (Å²) in [4.78, 5) is 11.5. The van der Waals surface area contributed by atoms with Crippen LogP contribution in [-0.2, 0) is 16.6 Å². The number of hydrogen-bond donors (Lipinski definition) is 1. The van der Waals surface area contributed by atoms with Gasteiger partial charge in [0.05, 0.1) is 7.11 Å². The van der Waals surface area contributed by atoms with E-state index in [1.165, 1.54) is 11.1 Å².